The summed E-state index contributed by atoms with van der Waals surface area (Å²) in [6.07, 6.45) is 0. The van der Waals surface area contributed by atoms with E-state index in [1.54, 1.807) is 0 Å². The number of hydrogen-bond donors (Lipinski definition) is 2. The maximum absolute atomic E-state index is 9.66. The van der Waals surface area contributed by atoms with Crippen LogP contribution in [-0.2, 0) is 9.59 Å². The second-order valence-electron chi connectivity index (χ2n) is 1.09. The number of carboxylic acids is 2. The molecule has 5 heteroatoms. The first-order valence-corrected chi connectivity index (χ1v) is 1.71. The number of carbonyl (C=O) groups is 2. The van der Waals surface area contributed by atoms with Gasteiger partial charge in [0.05, 0.1) is 0 Å². The van der Waals surface area contributed by atoms with Crippen LogP contribution in [0.5, 0.6) is 0 Å². The van der Waals surface area contributed by atoms with Crippen LogP contribution >= 0.6 is 0 Å². The van der Waals surface area contributed by atoms with Gasteiger partial charge in [-0.05, 0) is 0 Å². The Hall–Kier alpha value is -0.723. The van der Waals surface area contributed by atoms with Crippen molar-refractivity contribution in [2.45, 2.75) is 0 Å². The quantitative estimate of drug-likeness (QED) is 0.221. The molecule has 0 bridgehead atoms. The van der Waals surface area contributed by atoms with Gasteiger partial charge in [-0.1, -0.05) is 6.58 Å². The van der Waals surface area contributed by atoms with E-state index in [9.17, 15) is 9.59 Å². The van der Waals surface area contributed by atoms with E-state index in [4.69, 9.17) is 10.2 Å². The molecule has 4 nitrogen and oxygen atoms in total. The maximum atomic E-state index is 9.66. The van der Waals surface area contributed by atoms with E-state index in [-0.39, 0.29) is 18.9 Å². The molecule has 0 aliphatic rings. The predicted octanol–water partition coefficient (Wildman–Crippen LogP) is -0.669. The number of hydrogen-bond acceptors (Lipinski definition) is 2. The molecule has 45 valence electrons. The largest absolute Gasteiger partial charge is 0.477 e. The Kier molecular flexibility index (Phi) is 5.17. The first-order valence-electron chi connectivity index (χ1n) is 1.71. The Morgan fingerprint density at radius 3 is 1.33 bits per heavy atom. The minimum atomic E-state index is -1.50. The third kappa shape index (κ3) is 3.83. The third-order valence-electron chi connectivity index (χ3n) is 0.516. The molecule has 1 radical (unpaired) electrons. The van der Waals surface area contributed by atoms with Gasteiger partial charge in [-0.15, -0.1) is 0 Å². The van der Waals surface area contributed by atoms with Crippen LogP contribution in [0.25, 0.3) is 0 Å². The third-order valence-corrected chi connectivity index (χ3v) is 0.516. The summed E-state index contributed by atoms with van der Waals surface area (Å²) >= 11 is 0. The zero-order valence-electron chi connectivity index (χ0n) is 4.92. The molecular weight excluding hydrogens is 119 g/mol. The summed E-state index contributed by atoms with van der Waals surface area (Å²) in [6.45, 7) is 2.75. The first kappa shape index (κ1) is 11.1. The SMILES string of the molecule is C=C(C(=O)O)C(=O)O.[Li]. The zero-order valence-corrected chi connectivity index (χ0v) is 4.92. The molecule has 0 spiro atoms. The predicted molar refractivity (Wildman–Crippen MR) is 30.2 cm³/mol. The topological polar surface area (TPSA) is 74.6 Å². The van der Waals surface area contributed by atoms with Gasteiger partial charge < -0.3 is 10.2 Å². The number of aliphatic carboxylic acids is 2. The molecule has 0 fully saturated rings. The maximum Gasteiger partial charge on any atom is 0.342 e. The standard InChI is InChI=1S/C4H4O4.Li/c1-2(3(5)6)4(7)8;/h1H2,(H,5,6)(H,7,8);. The summed E-state index contributed by atoms with van der Waals surface area (Å²) in [5.41, 5.74) is -0.815. The molecule has 2 N–H and O–H groups in total. The Morgan fingerprint density at radius 1 is 1.11 bits per heavy atom. The Morgan fingerprint density at radius 2 is 1.33 bits per heavy atom. The van der Waals surface area contributed by atoms with Gasteiger partial charge in [0.25, 0.3) is 0 Å². The van der Waals surface area contributed by atoms with E-state index in [1.165, 1.54) is 0 Å². The fourth-order valence-corrected chi connectivity index (χ4v) is 0.0915. The van der Waals surface area contributed by atoms with Crippen molar-refractivity contribution in [2.24, 2.45) is 0 Å². The summed E-state index contributed by atoms with van der Waals surface area (Å²) in [7, 11) is 0. The van der Waals surface area contributed by atoms with Crippen LogP contribution in [0.3, 0.4) is 0 Å². The minimum absolute atomic E-state index is 0. The van der Waals surface area contributed by atoms with Crippen molar-refractivity contribution in [3.8, 4) is 0 Å². The van der Waals surface area contributed by atoms with Crippen LogP contribution in [0.1, 0.15) is 0 Å². The van der Waals surface area contributed by atoms with E-state index in [2.05, 4.69) is 6.58 Å². The smallest absolute Gasteiger partial charge is 0.342 e. The van der Waals surface area contributed by atoms with Crippen molar-refractivity contribution in [3.05, 3.63) is 12.2 Å². The molecule has 0 aromatic heterocycles. The Bertz CT molecular complexity index is 135. The second kappa shape index (κ2) is 4.19. The molecule has 0 saturated carbocycles. The van der Waals surface area contributed by atoms with E-state index < -0.39 is 17.5 Å². The van der Waals surface area contributed by atoms with Crippen molar-refractivity contribution >= 4 is 30.8 Å². The summed E-state index contributed by atoms with van der Waals surface area (Å²) < 4.78 is 0. The van der Waals surface area contributed by atoms with Gasteiger partial charge in [0.15, 0.2) is 0 Å². The van der Waals surface area contributed by atoms with Gasteiger partial charge in [0, 0.05) is 18.9 Å². The van der Waals surface area contributed by atoms with Crippen LogP contribution in [0, 0.1) is 0 Å². The van der Waals surface area contributed by atoms with Crippen molar-refractivity contribution in [1.29, 1.82) is 0 Å². The van der Waals surface area contributed by atoms with E-state index >= 15 is 0 Å². The molecule has 0 heterocycles. The average molecular weight is 123 g/mol. The number of carboxylic acid groups (broad SMARTS) is 2. The van der Waals surface area contributed by atoms with Crippen LogP contribution in [0.15, 0.2) is 12.2 Å². The average Bonchev–Trinajstić information content (AvgIpc) is 1.64. The normalized spacial score (nSPS) is 7.11. The van der Waals surface area contributed by atoms with Gasteiger partial charge in [-0.3, -0.25) is 0 Å². The molecule has 0 aromatic rings. The second-order valence-corrected chi connectivity index (χ2v) is 1.09. The molecule has 0 rings (SSSR count). The van der Waals surface area contributed by atoms with Crippen molar-refractivity contribution in [1.82, 2.24) is 0 Å². The van der Waals surface area contributed by atoms with Crippen molar-refractivity contribution < 1.29 is 19.8 Å². The molecule has 0 saturated heterocycles. The van der Waals surface area contributed by atoms with Crippen LogP contribution in [0.2, 0.25) is 0 Å². The van der Waals surface area contributed by atoms with E-state index in [0.29, 0.717) is 0 Å². The van der Waals surface area contributed by atoms with Gasteiger partial charge in [-0.2, -0.15) is 0 Å². The first-order chi connectivity index (χ1) is 3.55. The molecule has 0 unspecified atom stereocenters. The summed E-state index contributed by atoms with van der Waals surface area (Å²) in [6, 6.07) is 0. The molecule has 9 heavy (non-hydrogen) atoms. The Balaban J connectivity index is 0. The van der Waals surface area contributed by atoms with Gasteiger partial charge in [0.1, 0.15) is 5.57 Å². The van der Waals surface area contributed by atoms with Gasteiger partial charge in [0.2, 0.25) is 0 Å². The van der Waals surface area contributed by atoms with Crippen molar-refractivity contribution in [3.63, 3.8) is 0 Å². The molecular formula is C4H4LiO4. The van der Waals surface area contributed by atoms with Gasteiger partial charge in [-0.25, -0.2) is 9.59 Å². The fraction of sp³-hybridized carbons (Fsp3) is 0. The summed E-state index contributed by atoms with van der Waals surface area (Å²) in [5.74, 6) is -3.00. The zero-order chi connectivity index (χ0) is 6.73. The van der Waals surface area contributed by atoms with Crippen molar-refractivity contribution in [2.75, 3.05) is 0 Å². The van der Waals surface area contributed by atoms with Gasteiger partial charge >= 0.3 is 11.9 Å². The summed E-state index contributed by atoms with van der Waals surface area (Å²) in [4.78, 5) is 19.3. The van der Waals surface area contributed by atoms with Crippen LogP contribution in [0.4, 0.5) is 0 Å². The van der Waals surface area contributed by atoms with Crippen LogP contribution < -0.4 is 0 Å². The summed E-state index contributed by atoms with van der Waals surface area (Å²) in [5, 5.41) is 15.7. The van der Waals surface area contributed by atoms with E-state index in [1.807, 2.05) is 0 Å². The number of rotatable bonds is 2. The molecule has 0 atom stereocenters. The molecule has 0 aliphatic heterocycles. The monoisotopic (exact) mass is 123 g/mol. The molecule has 0 aliphatic carbocycles. The fourth-order valence-electron chi connectivity index (χ4n) is 0.0915. The Labute approximate surface area is 63.4 Å². The minimum Gasteiger partial charge on any atom is -0.477 e. The molecule has 0 aromatic carbocycles. The molecule has 0 amide bonds. The van der Waals surface area contributed by atoms with Crippen LogP contribution in [-0.4, -0.2) is 41.0 Å². The van der Waals surface area contributed by atoms with E-state index in [0.717, 1.165) is 0 Å².